The van der Waals surface area contributed by atoms with Crippen molar-refractivity contribution in [3.8, 4) is 5.69 Å². The third kappa shape index (κ3) is 3.43. The molecule has 0 spiro atoms. The lowest BCUT2D eigenvalue weighted by atomic mass is 10.3. The highest BCUT2D eigenvalue weighted by Crippen LogP contribution is 2.14. The van der Waals surface area contributed by atoms with Gasteiger partial charge < -0.3 is 13.7 Å². The van der Waals surface area contributed by atoms with Gasteiger partial charge in [0.25, 0.3) is 5.56 Å². The maximum absolute atomic E-state index is 13.4. The number of carbonyl (C=O) groups excluding carboxylic acids is 1. The minimum atomic E-state index is -0.670. The summed E-state index contributed by atoms with van der Waals surface area (Å²) in [5.41, 5.74) is -0.889. The summed E-state index contributed by atoms with van der Waals surface area (Å²) in [4.78, 5) is 42.5. The van der Waals surface area contributed by atoms with E-state index in [9.17, 15) is 18.8 Å². The Morgan fingerprint density at radius 1 is 1.20 bits per heavy atom. The smallest absolute Gasteiger partial charge is 0.337 e. The summed E-state index contributed by atoms with van der Waals surface area (Å²) in [6.07, 6.45) is 2.72. The van der Waals surface area contributed by atoms with Gasteiger partial charge in [0.1, 0.15) is 18.1 Å². The van der Waals surface area contributed by atoms with Crippen molar-refractivity contribution in [2.24, 2.45) is 0 Å². The highest BCUT2D eigenvalue weighted by Gasteiger charge is 2.21. The standard InChI is InChI=1S/C20H17FN4O5/c1-2-29-16(26)11-23-12-22-18-17(23)19(27)24(10-15-4-3-9-30-15)20(28)25(18)14-7-5-13(21)6-8-14/h3-9,12H,2,10-11H2,1H3. The van der Waals surface area contributed by atoms with Crippen molar-refractivity contribution in [2.75, 3.05) is 6.61 Å². The van der Waals surface area contributed by atoms with Gasteiger partial charge >= 0.3 is 11.7 Å². The maximum atomic E-state index is 13.4. The van der Waals surface area contributed by atoms with Crippen LogP contribution in [-0.4, -0.2) is 31.3 Å². The molecule has 9 nitrogen and oxygen atoms in total. The third-order valence-corrected chi connectivity index (χ3v) is 4.48. The minimum absolute atomic E-state index is 0.0403. The Morgan fingerprint density at radius 3 is 2.63 bits per heavy atom. The summed E-state index contributed by atoms with van der Waals surface area (Å²) in [5, 5.41) is 0. The fourth-order valence-corrected chi connectivity index (χ4v) is 3.17. The van der Waals surface area contributed by atoms with Crippen LogP contribution in [0.4, 0.5) is 4.39 Å². The summed E-state index contributed by atoms with van der Waals surface area (Å²) in [6.45, 7) is 1.50. The fourth-order valence-electron chi connectivity index (χ4n) is 3.17. The Kier molecular flexibility index (Phi) is 5.05. The molecule has 0 unspecified atom stereocenters. The predicted octanol–water partition coefficient (Wildman–Crippen LogP) is 1.69. The second-order valence-electron chi connectivity index (χ2n) is 6.41. The summed E-state index contributed by atoms with van der Waals surface area (Å²) in [6, 6.07) is 8.48. The van der Waals surface area contributed by atoms with Gasteiger partial charge in [0.2, 0.25) is 0 Å². The third-order valence-electron chi connectivity index (χ3n) is 4.48. The van der Waals surface area contributed by atoms with Crippen LogP contribution in [0.5, 0.6) is 0 Å². The van der Waals surface area contributed by atoms with Crippen LogP contribution in [0.3, 0.4) is 0 Å². The highest BCUT2D eigenvalue weighted by molar-refractivity contribution is 5.76. The molecule has 30 heavy (non-hydrogen) atoms. The molecule has 1 aromatic carbocycles. The number of halogens is 1. The van der Waals surface area contributed by atoms with Crippen molar-refractivity contribution in [1.29, 1.82) is 0 Å². The Bertz CT molecular complexity index is 1320. The number of fused-ring (bicyclic) bond motifs is 1. The molecular weight excluding hydrogens is 395 g/mol. The second kappa shape index (κ2) is 7.82. The van der Waals surface area contributed by atoms with E-state index >= 15 is 0 Å². The van der Waals surface area contributed by atoms with Crippen LogP contribution >= 0.6 is 0 Å². The molecule has 0 aliphatic carbocycles. The number of imidazole rings is 1. The first-order valence-electron chi connectivity index (χ1n) is 9.14. The Hall–Kier alpha value is -3.95. The molecule has 154 valence electrons. The number of nitrogens with zero attached hydrogens (tertiary/aromatic N) is 4. The molecule has 0 amide bonds. The van der Waals surface area contributed by atoms with Crippen molar-refractivity contribution in [3.05, 3.63) is 81.4 Å². The molecule has 0 aliphatic heterocycles. The van der Waals surface area contributed by atoms with E-state index in [2.05, 4.69) is 4.98 Å². The van der Waals surface area contributed by atoms with E-state index in [4.69, 9.17) is 9.15 Å². The molecule has 0 saturated carbocycles. The quantitative estimate of drug-likeness (QED) is 0.447. The number of hydrogen-bond donors (Lipinski definition) is 0. The normalized spacial score (nSPS) is 11.1. The summed E-state index contributed by atoms with van der Waals surface area (Å²) >= 11 is 0. The molecule has 4 rings (SSSR count). The van der Waals surface area contributed by atoms with Crippen molar-refractivity contribution in [3.63, 3.8) is 0 Å². The molecule has 0 aliphatic rings. The largest absolute Gasteiger partial charge is 0.467 e. The number of aromatic nitrogens is 4. The number of esters is 1. The van der Waals surface area contributed by atoms with Gasteiger partial charge in [-0.05, 0) is 43.3 Å². The topological polar surface area (TPSA) is 101 Å². The minimum Gasteiger partial charge on any atom is -0.467 e. The molecule has 4 aromatic rings. The average Bonchev–Trinajstić information content (AvgIpc) is 3.37. The van der Waals surface area contributed by atoms with E-state index in [1.54, 1.807) is 19.1 Å². The molecule has 3 heterocycles. The number of furan rings is 1. The second-order valence-corrected chi connectivity index (χ2v) is 6.41. The zero-order chi connectivity index (χ0) is 21.3. The molecule has 0 saturated heterocycles. The zero-order valence-corrected chi connectivity index (χ0v) is 15.9. The van der Waals surface area contributed by atoms with Crippen LogP contribution in [-0.2, 0) is 22.6 Å². The van der Waals surface area contributed by atoms with Crippen molar-refractivity contribution in [2.45, 2.75) is 20.0 Å². The van der Waals surface area contributed by atoms with Crippen LogP contribution in [0.15, 0.2) is 63.0 Å². The fraction of sp³-hybridized carbons (Fsp3) is 0.200. The number of benzene rings is 1. The summed E-state index contributed by atoms with van der Waals surface area (Å²) in [7, 11) is 0. The van der Waals surface area contributed by atoms with Gasteiger partial charge in [-0.15, -0.1) is 0 Å². The van der Waals surface area contributed by atoms with Crippen LogP contribution in [0.25, 0.3) is 16.9 Å². The van der Waals surface area contributed by atoms with Crippen LogP contribution in [0, 0.1) is 5.82 Å². The summed E-state index contributed by atoms with van der Waals surface area (Å²) < 4.78 is 27.1. The maximum Gasteiger partial charge on any atom is 0.337 e. The first-order valence-corrected chi connectivity index (χ1v) is 9.14. The average molecular weight is 412 g/mol. The first-order chi connectivity index (χ1) is 14.5. The highest BCUT2D eigenvalue weighted by atomic mass is 19.1. The van der Waals surface area contributed by atoms with Crippen molar-refractivity contribution >= 4 is 17.1 Å². The van der Waals surface area contributed by atoms with E-state index in [0.29, 0.717) is 11.4 Å². The van der Waals surface area contributed by atoms with Gasteiger partial charge in [-0.25, -0.2) is 18.7 Å². The molecule has 3 aromatic heterocycles. The monoisotopic (exact) mass is 412 g/mol. The van der Waals surface area contributed by atoms with Gasteiger partial charge in [0.15, 0.2) is 11.2 Å². The number of rotatable bonds is 6. The van der Waals surface area contributed by atoms with Crippen LogP contribution in [0.2, 0.25) is 0 Å². The lowest BCUT2D eigenvalue weighted by Crippen LogP contribution is -2.40. The lowest BCUT2D eigenvalue weighted by Gasteiger charge is -2.12. The Balaban J connectivity index is 1.98. The predicted molar refractivity (Wildman–Crippen MR) is 104 cm³/mol. The van der Waals surface area contributed by atoms with Gasteiger partial charge in [-0.3, -0.25) is 14.2 Å². The van der Waals surface area contributed by atoms with Crippen LogP contribution < -0.4 is 11.2 Å². The molecule has 0 N–H and O–H groups in total. The molecular formula is C20H17FN4O5. The Labute approximate surface area is 168 Å². The lowest BCUT2D eigenvalue weighted by molar-refractivity contribution is -0.143. The van der Waals surface area contributed by atoms with E-state index in [0.717, 1.165) is 4.57 Å². The Morgan fingerprint density at radius 2 is 1.97 bits per heavy atom. The number of ether oxygens (including phenoxy) is 1. The van der Waals surface area contributed by atoms with Gasteiger partial charge in [-0.2, -0.15) is 0 Å². The molecule has 10 heteroatoms. The van der Waals surface area contributed by atoms with Crippen molar-refractivity contribution < 1.29 is 18.3 Å². The van der Waals surface area contributed by atoms with Gasteiger partial charge in [0.05, 0.1) is 31.4 Å². The zero-order valence-electron chi connectivity index (χ0n) is 15.9. The van der Waals surface area contributed by atoms with E-state index in [1.807, 2.05) is 0 Å². The van der Waals surface area contributed by atoms with E-state index in [1.165, 1.54) is 46.0 Å². The number of carbonyl (C=O) groups is 1. The van der Waals surface area contributed by atoms with E-state index in [-0.39, 0.29) is 30.9 Å². The number of hydrogen-bond acceptors (Lipinski definition) is 6. The first kappa shape index (κ1) is 19.4. The SMILES string of the molecule is CCOC(=O)Cn1cnc2c1c(=O)n(Cc1ccco1)c(=O)n2-c1ccc(F)cc1. The van der Waals surface area contributed by atoms with Crippen LogP contribution in [0.1, 0.15) is 12.7 Å². The molecule has 0 atom stereocenters. The van der Waals surface area contributed by atoms with Gasteiger partial charge in [-0.1, -0.05) is 0 Å². The molecule has 0 fully saturated rings. The molecule has 0 radical (unpaired) electrons. The molecule has 0 bridgehead atoms. The van der Waals surface area contributed by atoms with Gasteiger partial charge in [0, 0.05) is 0 Å². The summed E-state index contributed by atoms with van der Waals surface area (Å²) in [5.74, 6) is -0.622. The van der Waals surface area contributed by atoms with E-state index < -0.39 is 23.0 Å². The van der Waals surface area contributed by atoms with Crippen molar-refractivity contribution in [1.82, 2.24) is 18.7 Å².